The Labute approximate surface area is 139 Å². The number of nitrogens with zero attached hydrogens (tertiary/aromatic N) is 4. The SMILES string of the molecule is Cc1nccc(N2CC3CC(C2)N3Cc2ccccc2Br)n1. The quantitative estimate of drug-likeness (QED) is 0.844. The average molecular weight is 359 g/mol. The van der Waals surface area contributed by atoms with Crippen LogP contribution in [0.1, 0.15) is 17.8 Å². The van der Waals surface area contributed by atoms with Gasteiger partial charge in [0.05, 0.1) is 0 Å². The molecule has 22 heavy (non-hydrogen) atoms. The average Bonchev–Trinajstić information content (AvgIpc) is 2.54. The molecule has 5 heteroatoms. The zero-order valence-corrected chi connectivity index (χ0v) is 14.2. The predicted molar refractivity (Wildman–Crippen MR) is 90.9 cm³/mol. The van der Waals surface area contributed by atoms with Crippen LogP contribution in [-0.2, 0) is 6.54 Å². The van der Waals surface area contributed by atoms with Crippen molar-refractivity contribution in [2.24, 2.45) is 0 Å². The number of anilines is 1. The van der Waals surface area contributed by atoms with E-state index < -0.39 is 0 Å². The highest BCUT2D eigenvalue weighted by Crippen LogP contribution is 2.36. The van der Waals surface area contributed by atoms with Crippen LogP contribution >= 0.6 is 15.9 Å². The maximum Gasteiger partial charge on any atom is 0.132 e. The van der Waals surface area contributed by atoms with E-state index in [9.17, 15) is 0 Å². The fourth-order valence-corrected chi connectivity index (χ4v) is 3.99. The number of hydrogen-bond donors (Lipinski definition) is 0. The Kier molecular flexibility index (Phi) is 3.62. The zero-order chi connectivity index (χ0) is 15.1. The Morgan fingerprint density at radius 2 is 1.95 bits per heavy atom. The summed E-state index contributed by atoms with van der Waals surface area (Å²) >= 11 is 3.66. The number of aryl methyl sites for hydroxylation is 1. The van der Waals surface area contributed by atoms with Crippen molar-refractivity contribution in [3.63, 3.8) is 0 Å². The van der Waals surface area contributed by atoms with E-state index in [-0.39, 0.29) is 0 Å². The number of piperazine rings is 1. The lowest BCUT2D eigenvalue weighted by molar-refractivity contribution is -0.00886. The Morgan fingerprint density at radius 1 is 1.18 bits per heavy atom. The van der Waals surface area contributed by atoms with E-state index in [4.69, 9.17) is 0 Å². The second-order valence-electron chi connectivity index (χ2n) is 6.17. The highest BCUT2D eigenvalue weighted by atomic mass is 79.9. The molecule has 0 saturated carbocycles. The Bertz CT molecular complexity index is 678. The summed E-state index contributed by atoms with van der Waals surface area (Å²) in [5.74, 6) is 1.92. The summed E-state index contributed by atoms with van der Waals surface area (Å²) in [6.45, 7) is 5.12. The smallest absolute Gasteiger partial charge is 0.132 e. The van der Waals surface area contributed by atoms with Crippen molar-refractivity contribution in [3.05, 3.63) is 52.4 Å². The summed E-state index contributed by atoms with van der Waals surface area (Å²) in [7, 11) is 0. The summed E-state index contributed by atoms with van der Waals surface area (Å²) in [6, 6.07) is 11.8. The molecule has 0 spiro atoms. The van der Waals surface area contributed by atoms with Crippen molar-refractivity contribution < 1.29 is 0 Å². The van der Waals surface area contributed by atoms with E-state index in [0.717, 1.165) is 31.3 Å². The minimum absolute atomic E-state index is 0.640. The van der Waals surface area contributed by atoms with Crippen LogP contribution in [0.5, 0.6) is 0 Å². The lowest BCUT2D eigenvalue weighted by Crippen LogP contribution is -2.68. The van der Waals surface area contributed by atoms with Gasteiger partial charge in [-0.05, 0) is 31.0 Å². The van der Waals surface area contributed by atoms with Crippen molar-refractivity contribution in [3.8, 4) is 0 Å². The van der Waals surface area contributed by atoms with E-state index in [1.165, 1.54) is 16.5 Å². The maximum absolute atomic E-state index is 4.56. The predicted octanol–water partition coefficient (Wildman–Crippen LogP) is 3.01. The number of hydrogen-bond acceptors (Lipinski definition) is 4. The highest BCUT2D eigenvalue weighted by molar-refractivity contribution is 9.10. The second-order valence-corrected chi connectivity index (χ2v) is 7.03. The van der Waals surface area contributed by atoms with Gasteiger partial charge >= 0.3 is 0 Å². The van der Waals surface area contributed by atoms with Crippen LogP contribution in [0.2, 0.25) is 0 Å². The van der Waals surface area contributed by atoms with Crippen molar-refractivity contribution in [2.45, 2.75) is 32.0 Å². The van der Waals surface area contributed by atoms with Crippen molar-refractivity contribution in [2.75, 3.05) is 18.0 Å². The van der Waals surface area contributed by atoms with Gasteiger partial charge in [0.1, 0.15) is 11.6 Å². The molecular weight excluding hydrogens is 340 g/mol. The third-order valence-corrected chi connectivity index (χ3v) is 5.51. The monoisotopic (exact) mass is 358 g/mol. The molecule has 0 N–H and O–H groups in total. The van der Waals surface area contributed by atoms with E-state index >= 15 is 0 Å². The molecule has 3 aliphatic rings. The van der Waals surface area contributed by atoms with Crippen LogP contribution in [-0.4, -0.2) is 40.0 Å². The first-order chi connectivity index (χ1) is 10.7. The van der Waals surface area contributed by atoms with Gasteiger partial charge in [0.25, 0.3) is 0 Å². The summed E-state index contributed by atoms with van der Waals surface area (Å²) < 4.78 is 1.21. The molecule has 2 aromatic rings. The fraction of sp³-hybridized carbons (Fsp3) is 0.412. The number of halogens is 1. The number of rotatable bonds is 3. The molecule has 3 aliphatic heterocycles. The molecule has 2 unspecified atom stereocenters. The molecule has 2 bridgehead atoms. The molecule has 2 atom stereocenters. The molecule has 1 aromatic carbocycles. The molecule has 0 radical (unpaired) electrons. The molecule has 1 aromatic heterocycles. The van der Waals surface area contributed by atoms with Gasteiger partial charge in [-0.25, -0.2) is 9.97 Å². The van der Waals surface area contributed by atoms with Crippen molar-refractivity contribution >= 4 is 21.7 Å². The van der Waals surface area contributed by atoms with Gasteiger partial charge in [-0.3, -0.25) is 4.90 Å². The van der Waals surface area contributed by atoms with E-state index in [2.05, 4.69) is 60.0 Å². The zero-order valence-electron chi connectivity index (χ0n) is 12.6. The van der Waals surface area contributed by atoms with Gasteiger partial charge in [0, 0.05) is 42.4 Å². The number of piperidine rings is 1. The molecule has 0 amide bonds. The minimum Gasteiger partial charge on any atom is -0.353 e. The molecule has 4 heterocycles. The minimum atomic E-state index is 0.640. The van der Waals surface area contributed by atoms with Crippen LogP contribution in [0.3, 0.4) is 0 Å². The van der Waals surface area contributed by atoms with Crippen LogP contribution in [0.15, 0.2) is 41.0 Å². The summed E-state index contributed by atoms with van der Waals surface area (Å²) in [6.07, 6.45) is 3.17. The first-order valence-electron chi connectivity index (χ1n) is 7.74. The summed E-state index contributed by atoms with van der Waals surface area (Å²) in [5, 5.41) is 0. The fourth-order valence-electron chi connectivity index (χ4n) is 3.58. The number of benzene rings is 1. The van der Waals surface area contributed by atoms with E-state index in [1.807, 2.05) is 19.2 Å². The molecule has 3 saturated heterocycles. The largest absolute Gasteiger partial charge is 0.353 e. The third kappa shape index (κ3) is 2.52. The van der Waals surface area contributed by atoms with Crippen LogP contribution in [0.25, 0.3) is 0 Å². The standard InChI is InChI=1S/C17H19BrN4/c1-12-19-7-6-17(20-12)21-10-14-8-15(11-21)22(14)9-13-4-2-3-5-16(13)18/h2-7,14-15H,8-11H2,1H3. The number of fused-ring (bicyclic) bond motifs is 2. The summed E-state index contributed by atoms with van der Waals surface area (Å²) in [4.78, 5) is 13.8. The van der Waals surface area contributed by atoms with Crippen molar-refractivity contribution in [1.82, 2.24) is 14.9 Å². The van der Waals surface area contributed by atoms with Gasteiger partial charge in [-0.2, -0.15) is 0 Å². The van der Waals surface area contributed by atoms with Crippen LogP contribution in [0, 0.1) is 6.92 Å². The lowest BCUT2D eigenvalue weighted by atomic mass is 9.87. The number of aromatic nitrogens is 2. The molecule has 0 aliphatic carbocycles. The van der Waals surface area contributed by atoms with Gasteiger partial charge in [0.2, 0.25) is 0 Å². The van der Waals surface area contributed by atoms with Crippen LogP contribution < -0.4 is 4.90 Å². The topological polar surface area (TPSA) is 32.3 Å². The first-order valence-corrected chi connectivity index (χ1v) is 8.54. The first kappa shape index (κ1) is 14.2. The molecule has 114 valence electrons. The Balaban J connectivity index is 1.46. The molecular formula is C17H19BrN4. The third-order valence-electron chi connectivity index (χ3n) is 4.74. The van der Waals surface area contributed by atoms with Crippen molar-refractivity contribution in [1.29, 1.82) is 0 Å². The van der Waals surface area contributed by atoms with Gasteiger partial charge in [-0.15, -0.1) is 0 Å². The van der Waals surface area contributed by atoms with Gasteiger partial charge in [-0.1, -0.05) is 34.1 Å². The van der Waals surface area contributed by atoms with Gasteiger partial charge in [0.15, 0.2) is 0 Å². The Morgan fingerprint density at radius 3 is 2.68 bits per heavy atom. The normalized spacial score (nSPS) is 24.2. The molecule has 4 nitrogen and oxygen atoms in total. The van der Waals surface area contributed by atoms with Crippen LogP contribution in [0.4, 0.5) is 5.82 Å². The summed E-state index contributed by atoms with van der Waals surface area (Å²) in [5.41, 5.74) is 1.38. The van der Waals surface area contributed by atoms with E-state index in [0.29, 0.717) is 12.1 Å². The van der Waals surface area contributed by atoms with Gasteiger partial charge < -0.3 is 4.90 Å². The second kappa shape index (κ2) is 5.63. The lowest BCUT2D eigenvalue weighted by Gasteiger charge is -2.56. The highest BCUT2D eigenvalue weighted by Gasteiger charge is 2.44. The maximum atomic E-state index is 4.56. The Hall–Kier alpha value is -1.46. The molecule has 5 rings (SSSR count). The van der Waals surface area contributed by atoms with E-state index in [1.54, 1.807) is 0 Å². The molecule has 3 fully saturated rings.